The zero-order chi connectivity index (χ0) is 14.3. The summed E-state index contributed by atoms with van der Waals surface area (Å²) < 4.78 is 2.22. The maximum atomic E-state index is 11.3. The molecule has 0 aliphatic heterocycles. The van der Waals surface area contributed by atoms with Crippen LogP contribution in [0.25, 0.3) is 11.0 Å². The van der Waals surface area contributed by atoms with E-state index in [2.05, 4.69) is 22.7 Å². The van der Waals surface area contributed by atoms with Crippen LogP contribution in [0.3, 0.4) is 0 Å². The van der Waals surface area contributed by atoms with Crippen molar-refractivity contribution in [3.63, 3.8) is 0 Å². The second kappa shape index (κ2) is 5.13. The quantitative estimate of drug-likeness (QED) is 0.917. The molecule has 1 aromatic carbocycles. The van der Waals surface area contributed by atoms with E-state index in [9.17, 15) is 9.90 Å². The third-order valence-corrected chi connectivity index (χ3v) is 4.78. The predicted octanol–water partition coefficient (Wildman–Crippen LogP) is 3.36. The van der Waals surface area contributed by atoms with E-state index in [0.29, 0.717) is 22.2 Å². The van der Waals surface area contributed by atoms with Gasteiger partial charge >= 0.3 is 5.97 Å². The molecule has 1 saturated carbocycles. The Kier molecular flexibility index (Phi) is 3.46. The van der Waals surface area contributed by atoms with E-state index in [1.165, 1.54) is 12.8 Å². The molecule has 0 bridgehead atoms. The topological polar surface area (TPSA) is 55.1 Å². The highest BCUT2D eigenvalue weighted by Crippen LogP contribution is 2.41. The molecule has 1 aliphatic carbocycles. The van der Waals surface area contributed by atoms with Crippen LogP contribution in [0.5, 0.6) is 0 Å². The molecule has 3 rings (SSSR count). The summed E-state index contributed by atoms with van der Waals surface area (Å²) in [4.78, 5) is 16.0. The maximum absolute atomic E-state index is 11.3. The maximum Gasteiger partial charge on any atom is 0.337 e. The van der Waals surface area contributed by atoms with Crippen molar-refractivity contribution in [3.8, 4) is 0 Å². The largest absolute Gasteiger partial charge is 0.478 e. The molecule has 1 atom stereocenters. The van der Waals surface area contributed by atoms with Crippen LogP contribution in [0.4, 0.5) is 0 Å². The molecule has 0 saturated heterocycles. The Morgan fingerprint density at radius 2 is 2.30 bits per heavy atom. The third kappa shape index (κ3) is 2.30. The molecule has 5 heteroatoms. The normalized spacial score (nSPS) is 16.5. The van der Waals surface area contributed by atoms with Crippen LogP contribution >= 0.6 is 11.8 Å². The number of benzene rings is 1. The van der Waals surface area contributed by atoms with Gasteiger partial charge in [0.1, 0.15) is 11.3 Å². The number of carbonyl (C=O) groups is 1. The van der Waals surface area contributed by atoms with Crippen molar-refractivity contribution in [1.82, 2.24) is 9.55 Å². The van der Waals surface area contributed by atoms with Gasteiger partial charge in [-0.15, -0.1) is 0 Å². The van der Waals surface area contributed by atoms with Gasteiger partial charge in [0.05, 0.1) is 11.1 Å². The lowest BCUT2D eigenvalue weighted by Gasteiger charge is -2.13. The van der Waals surface area contributed by atoms with Crippen LogP contribution in [0, 0.1) is 0 Å². The van der Waals surface area contributed by atoms with E-state index in [4.69, 9.17) is 0 Å². The highest BCUT2D eigenvalue weighted by molar-refractivity contribution is 7.99. The summed E-state index contributed by atoms with van der Waals surface area (Å²) in [5.41, 5.74) is 1.89. The molecule has 0 spiro atoms. The average Bonchev–Trinajstić information content (AvgIpc) is 3.21. The molecule has 0 radical (unpaired) electrons. The number of aromatic nitrogens is 2. The van der Waals surface area contributed by atoms with Gasteiger partial charge in [-0.1, -0.05) is 13.0 Å². The lowest BCUT2D eigenvalue weighted by molar-refractivity contribution is 0.0699. The summed E-state index contributed by atoms with van der Waals surface area (Å²) >= 11 is 1.82. The van der Waals surface area contributed by atoms with Crippen LogP contribution in [0.2, 0.25) is 0 Å². The first-order chi connectivity index (χ1) is 9.61. The van der Waals surface area contributed by atoms with Crippen LogP contribution in [0.1, 0.15) is 41.9 Å². The zero-order valence-electron chi connectivity index (χ0n) is 11.7. The Morgan fingerprint density at radius 3 is 2.90 bits per heavy atom. The fourth-order valence-electron chi connectivity index (χ4n) is 2.51. The van der Waals surface area contributed by atoms with Gasteiger partial charge in [-0.25, -0.2) is 9.78 Å². The molecule has 1 heterocycles. The standard InChI is InChI=1S/C15H18N2O2S/c1-9(20-2)8-17-12-5-3-4-11(15(18)19)13(12)16-14(17)10-6-7-10/h3-5,9-10H,6-8H2,1-2H3,(H,18,19). The van der Waals surface area contributed by atoms with E-state index < -0.39 is 5.97 Å². The zero-order valence-corrected chi connectivity index (χ0v) is 12.5. The highest BCUT2D eigenvalue weighted by atomic mass is 32.2. The van der Waals surface area contributed by atoms with E-state index in [-0.39, 0.29) is 0 Å². The molecule has 1 fully saturated rings. The molecule has 1 unspecified atom stereocenters. The van der Waals surface area contributed by atoms with E-state index in [1.54, 1.807) is 6.07 Å². The number of hydrogen-bond donors (Lipinski definition) is 1. The first-order valence-corrected chi connectivity index (χ1v) is 8.16. The second-order valence-corrected chi connectivity index (χ2v) is 6.66. The number of para-hydroxylation sites is 1. The van der Waals surface area contributed by atoms with Gasteiger partial charge in [0.15, 0.2) is 0 Å². The number of thioether (sulfide) groups is 1. The molecule has 1 N–H and O–H groups in total. The van der Waals surface area contributed by atoms with Crippen LogP contribution in [-0.2, 0) is 6.54 Å². The van der Waals surface area contributed by atoms with Crippen molar-refractivity contribution < 1.29 is 9.90 Å². The van der Waals surface area contributed by atoms with Crippen molar-refractivity contribution in [2.75, 3.05) is 6.26 Å². The number of aromatic carboxylic acids is 1. The predicted molar refractivity (Wildman–Crippen MR) is 81.6 cm³/mol. The van der Waals surface area contributed by atoms with Crippen molar-refractivity contribution in [2.24, 2.45) is 0 Å². The SMILES string of the molecule is CSC(C)Cn1c(C2CC2)nc2c(C(=O)O)cccc21. The lowest BCUT2D eigenvalue weighted by Crippen LogP contribution is -2.11. The fourth-order valence-corrected chi connectivity index (χ4v) is 2.81. The van der Waals surface area contributed by atoms with Gasteiger partial charge in [-0.2, -0.15) is 11.8 Å². The van der Waals surface area contributed by atoms with Gasteiger partial charge in [-0.05, 0) is 31.2 Å². The van der Waals surface area contributed by atoms with Gasteiger partial charge < -0.3 is 9.67 Å². The molecule has 4 nitrogen and oxygen atoms in total. The lowest BCUT2D eigenvalue weighted by atomic mass is 10.2. The molecule has 20 heavy (non-hydrogen) atoms. The molecular formula is C15H18N2O2S. The Bertz CT molecular complexity index is 661. The second-order valence-electron chi connectivity index (χ2n) is 5.38. The fraction of sp³-hybridized carbons (Fsp3) is 0.467. The number of fused-ring (bicyclic) bond motifs is 1. The molecule has 2 aromatic rings. The Hall–Kier alpha value is -1.49. The van der Waals surface area contributed by atoms with Gasteiger partial charge in [0, 0.05) is 17.7 Å². The number of nitrogens with zero attached hydrogens (tertiary/aromatic N) is 2. The Labute approximate surface area is 122 Å². The third-order valence-electron chi connectivity index (χ3n) is 3.82. The number of carboxylic acids is 1. The van der Waals surface area contributed by atoms with Gasteiger partial charge in [0.25, 0.3) is 0 Å². The van der Waals surface area contributed by atoms with E-state index in [1.807, 2.05) is 23.9 Å². The molecule has 1 aromatic heterocycles. The van der Waals surface area contributed by atoms with Crippen LogP contribution in [0.15, 0.2) is 18.2 Å². The average molecular weight is 290 g/mol. The summed E-state index contributed by atoms with van der Waals surface area (Å²) in [6.07, 6.45) is 4.43. The number of hydrogen-bond acceptors (Lipinski definition) is 3. The highest BCUT2D eigenvalue weighted by Gasteiger charge is 2.30. The van der Waals surface area contributed by atoms with Crippen molar-refractivity contribution in [1.29, 1.82) is 0 Å². The minimum atomic E-state index is -0.902. The van der Waals surface area contributed by atoms with Crippen LogP contribution in [-0.4, -0.2) is 32.1 Å². The number of carboxylic acid groups (broad SMARTS) is 1. The molecule has 106 valence electrons. The monoisotopic (exact) mass is 290 g/mol. The summed E-state index contributed by atoms with van der Waals surface area (Å²) in [7, 11) is 0. The summed E-state index contributed by atoms with van der Waals surface area (Å²) in [5.74, 6) is 0.674. The molecule has 1 aliphatic rings. The smallest absolute Gasteiger partial charge is 0.337 e. The van der Waals surface area contributed by atoms with E-state index >= 15 is 0 Å². The number of imidazole rings is 1. The number of rotatable bonds is 5. The van der Waals surface area contributed by atoms with Crippen LogP contribution < -0.4 is 0 Å². The van der Waals surface area contributed by atoms with Gasteiger partial charge in [0.2, 0.25) is 0 Å². The first kappa shape index (κ1) is 13.5. The van der Waals surface area contributed by atoms with E-state index in [0.717, 1.165) is 17.9 Å². The molecule has 0 amide bonds. The molecular weight excluding hydrogens is 272 g/mol. The van der Waals surface area contributed by atoms with Crippen molar-refractivity contribution in [3.05, 3.63) is 29.6 Å². The Morgan fingerprint density at radius 1 is 1.55 bits per heavy atom. The van der Waals surface area contributed by atoms with Crippen molar-refractivity contribution in [2.45, 2.75) is 37.5 Å². The minimum Gasteiger partial charge on any atom is -0.478 e. The summed E-state index contributed by atoms with van der Waals surface area (Å²) in [5, 5.41) is 9.80. The Balaban J connectivity index is 2.17. The minimum absolute atomic E-state index is 0.306. The summed E-state index contributed by atoms with van der Waals surface area (Å²) in [6.45, 7) is 3.07. The van der Waals surface area contributed by atoms with Gasteiger partial charge in [-0.3, -0.25) is 0 Å². The first-order valence-electron chi connectivity index (χ1n) is 6.87. The van der Waals surface area contributed by atoms with Crippen molar-refractivity contribution >= 4 is 28.8 Å². The summed E-state index contributed by atoms with van der Waals surface area (Å²) in [6, 6.07) is 5.43.